The van der Waals surface area contributed by atoms with Crippen molar-refractivity contribution >= 4 is 17.7 Å². The summed E-state index contributed by atoms with van der Waals surface area (Å²) in [4.78, 5) is 31.6. The molecule has 0 atom stereocenters. The molecule has 1 aliphatic heterocycles. The van der Waals surface area contributed by atoms with E-state index in [1.165, 1.54) is 13.8 Å². The number of ether oxygens (including phenoxy) is 1. The van der Waals surface area contributed by atoms with Gasteiger partial charge in [0.05, 0.1) is 6.54 Å². The van der Waals surface area contributed by atoms with Gasteiger partial charge in [0.25, 0.3) is 5.91 Å². The Kier molecular flexibility index (Phi) is 6.78. The fourth-order valence-electron chi connectivity index (χ4n) is 4.78. The molecule has 6 heteroatoms. The van der Waals surface area contributed by atoms with Crippen LogP contribution in [0.25, 0.3) is 11.1 Å². The van der Waals surface area contributed by atoms with Gasteiger partial charge in [-0.2, -0.15) is 0 Å². The predicted octanol–water partition coefficient (Wildman–Crippen LogP) is 5.84. The molecular formula is C28H34N2O4. The van der Waals surface area contributed by atoms with E-state index in [9.17, 15) is 14.7 Å². The largest absolute Gasteiger partial charge is 0.478 e. The van der Waals surface area contributed by atoms with E-state index in [0.29, 0.717) is 12.3 Å². The minimum atomic E-state index is -1.29. The van der Waals surface area contributed by atoms with Crippen LogP contribution in [0.3, 0.4) is 0 Å². The summed E-state index contributed by atoms with van der Waals surface area (Å²) in [6, 6.07) is 15.6. The van der Waals surface area contributed by atoms with Gasteiger partial charge in [-0.05, 0) is 68.0 Å². The van der Waals surface area contributed by atoms with Gasteiger partial charge in [-0.3, -0.25) is 14.7 Å². The number of amides is 1. The third kappa shape index (κ3) is 4.86. The highest BCUT2D eigenvalue weighted by Crippen LogP contribution is 2.40. The number of unbranched alkanes of at least 4 members (excludes halogenated alkanes) is 1. The fraction of sp³-hybridized carbons (Fsp3) is 0.464. The molecule has 1 saturated carbocycles. The minimum Gasteiger partial charge on any atom is -0.478 e. The van der Waals surface area contributed by atoms with Gasteiger partial charge in [0.1, 0.15) is 17.1 Å². The average Bonchev–Trinajstić information content (AvgIpc) is 3.39. The maximum Gasteiger partial charge on any atom is 0.347 e. The second kappa shape index (κ2) is 9.61. The fourth-order valence-corrected chi connectivity index (χ4v) is 4.78. The number of carboxylic acids is 1. The Morgan fingerprint density at radius 3 is 2.47 bits per heavy atom. The van der Waals surface area contributed by atoms with Crippen molar-refractivity contribution in [2.45, 2.75) is 83.4 Å². The Morgan fingerprint density at radius 1 is 1.12 bits per heavy atom. The molecule has 1 aliphatic carbocycles. The van der Waals surface area contributed by atoms with Crippen LogP contribution in [-0.2, 0) is 16.1 Å². The Morgan fingerprint density at radius 2 is 1.82 bits per heavy atom. The summed E-state index contributed by atoms with van der Waals surface area (Å²) in [5.74, 6) is 0.612. The third-order valence-corrected chi connectivity index (χ3v) is 6.83. The van der Waals surface area contributed by atoms with E-state index in [0.717, 1.165) is 67.5 Å². The predicted molar refractivity (Wildman–Crippen MR) is 133 cm³/mol. The molecule has 1 N–H and O–H groups in total. The quantitative estimate of drug-likeness (QED) is 0.508. The molecule has 1 heterocycles. The molecule has 2 aromatic carbocycles. The molecule has 1 fully saturated rings. The maximum absolute atomic E-state index is 13.4. The van der Waals surface area contributed by atoms with Gasteiger partial charge >= 0.3 is 5.97 Å². The first-order valence-corrected chi connectivity index (χ1v) is 12.3. The van der Waals surface area contributed by atoms with Gasteiger partial charge < -0.3 is 9.84 Å². The lowest BCUT2D eigenvalue weighted by molar-refractivity contribution is -0.152. The number of rotatable bonds is 9. The van der Waals surface area contributed by atoms with Crippen molar-refractivity contribution in [3.05, 3.63) is 54.1 Å². The molecule has 0 saturated heterocycles. The highest BCUT2D eigenvalue weighted by atomic mass is 16.5. The number of benzene rings is 2. The number of hydrogen-bond acceptors (Lipinski definition) is 4. The maximum atomic E-state index is 13.4. The molecule has 180 valence electrons. The number of carboxylic acid groups (broad SMARTS) is 1. The van der Waals surface area contributed by atoms with E-state index in [1.54, 1.807) is 12.1 Å². The summed E-state index contributed by atoms with van der Waals surface area (Å²) in [6.45, 7) is 5.75. The first-order chi connectivity index (χ1) is 16.2. The van der Waals surface area contributed by atoms with Crippen molar-refractivity contribution in [2.24, 2.45) is 4.99 Å². The summed E-state index contributed by atoms with van der Waals surface area (Å²) < 4.78 is 5.61. The van der Waals surface area contributed by atoms with Crippen molar-refractivity contribution in [1.82, 2.24) is 4.90 Å². The Hall–Kier alpha value is -3.15. The lowest BCUT2D eigenvalue weighted by atomic mass is 9.98. The van der Waals surface area contributed by atoms with Gasteiger partial charge in [0.2, 0.25) is 0 Å². The van der Waals surface area contributed by atoms with Crippen molar-refractivity contribution in [3.63, 3.8) is 0 Å². The molecule has 1 amide bonds. The summed E-state index contributed by atoms with van der Waals surface area (Å²) >= 11 is 0. The van der Waals surface area contributed by atoms with Gasteiger partial charge in [0, 0.05) is 6.42 Å². The number of nitrogens with zero attached hydrogens (tertiary/aromatic N) is 2. The van der Waals surface area contributed by atoms with Crippen LogP contribution in [0.15, 0.2) is 53.5 Å². The van der Waals surface area contributed by atoms with Gasteiger partial charge in [-0.1, -0.05) is 56.5 Å². The molecule has 0 bridgehead atoms. The minimum absolute atomic E-state index is 0.170. The molecule has 4 rings (SSSR count). The number of hydrogen-bond donors (Lipinski definition) is 1. The molecule has 1 spiro atoms. The number of carbonyl (C=O) groups is 2. The third-order valence-electron chi connectivity index (χ3n) is 6.83. The average molecular weight is 463 g/mol. The highest BCUT2D eigenvalue weighted by molar-refractivity contribution is 6.08. The summed E-state index contributed by atoms with van der Waals surface area (Å²) in [5, 5.41) is 9.27. The van der Waals surface area contributed by atoms with Crippen molar-refractivity contribution in [3.8, 4) is 16.9 Å². The van der Waals surface area contributed by atoms with Crippen molar-refractivity contribution < 1.29 is 19.4 Å². The monoisotopic (exact) mass is 462 g/mol. The first-order valence-electron chi connectivity index (χ1n) is 12.3. The van der Waals surface area contributed by atoms with Gasteiger partial charge in [-0.15, -0.1) is 0 Å². The Bertz CT molecular complexity index is 1080. The molecule has 6 nitrogen and oxygen atoms in total. The molecule has 0 unspecified atom stereocenters. The topological polar surface area (TPSA) is 79.2 Å². The number of aliphatic carboxylic acids is 1. The van der Waals surface area contributed by atoms with Gasteiger partial charge in [0.15, 0.2) is 5.60 Å². The molecule has 2 aromatic rings. The lowest BCUT2D eigenvalue weighted by Crippen LogP contribution is -2.40. The van der Waals surface area contributed by atoms with Crippen LogP contribution in [0, 0.1) is 0 Å². The van der Waals surface area contributed by atoms with E-state index >= 15 is 0 Å². The van der Waals surface area contributed by atoms with Crippen LogP contribution < -0.4 is 4.74 Å². The van der Waals surface area contributed by atoms with Crippen LogP contribution >= 0.6 is 0 Å². The summed E-state index contributed by atoms with van der Waals surface area (Å²) in [5.41, 5.74) is 1.30. The molecule has 0 radical (unpaired) electrons. The molecular weight excluding hydrogens is 428 g/mol. The van der Waals surface area contributed by atoms with Crippen molar-refractivity contribution in [1.29, 1.82) is 0 Å². The van der Waals surface area contributed by atoms with Crippen LogP contribution in [0.5, 0.6) is 5.75 Å². The molecule has 0 aromatic heterocycles. The van der Waals surface area contributed by atoms with Crippen LogP contribution in [-0.4, -0.2) is 38.9 Å². The second-order valence-corrected chi connectivity index (χ2v) is 9.90. The summed E-state index contributed by atoms with van der Waals surface area (Å²) in [7, 11) is 0. The second-order valence-electron chi connectivity index (χ2n) is 9.90. The zero-order valence-electron chi connectivity index (χ0n) is 20.3. The van der Waals surface area contributed by atoms with Gasteiger partial charge in [-0.25, -0.2) is 4.79 Å². The van der Waals surface area contributed by atoms with Crippen molar-refractivity contribution in [2.75, 3.05) is 0 Å². The number of amidine groups is 1. The van der Waals surface area contributed by atoms with Crippen LogP contribution in [0.2, 0.25) is 0 Å². The number of carbonyl (C=O) groups excluding carboxylic acids is 1. The normalized spacial score (nSPS) is 17.3. The SMILES string of the molecule is CCCCC1=NC2(CCCC2)C(=O)N1Cc1cccc(-c2ccc(OC(C)(C)C(=O)O)cc2)c1. The van der Waals surface area contributed by atoms with E-state index in [2.05, 4.69) is 19.1 Å². The van der Waals surface area contributed by atoms with E-state index in [1.807, 2.05) is 29.2 Å². The Labute approximate surface area is 201 Å². The summed E-state index contributed by atoms with van der Waals surface area (Å²) in [6.07, 6.45) is 6.83. The van der Waals surface area contributed by atoms with E-state index in [4.69, 9.17) is 9.73 Å². The van der Waals surface area contributed by atoms with Crippen LogP contribution in [0.4, 0.5) is 0 Å². The zero-order valence-corrected chi connectivity index (χ0v) is 20.3. The lowest BCUT2D eigenvalue weighted by Gasteiger charge is -2.23. The standard InChI is InChI=1S/C28H34N2O4/c1-4-5-11-24-29-28(16-6-7-17-28)25(31)30(24)19-20-9-8-10-22(18-20)21-12-14-23(15-13-21)34-27(2,3)26(32)33/h8-10,12-15,18H,4-7,11,16-17,19H2,1-3H3,(H,32,33). The smallest absolute Gasteiger partial charge is 0.347 e. The molecule has 34 heavy (non-hydrogen) atoms. The number of aliphatic imine (C=N–C) groups is 1. The van der Waals surface area contributed by atoms with E-state index < -0.39 is 17.1 Å². The van der Waals surface area contributed by atoms with Crippen LogP contribution in [0.1, 0.15) is 71.3 Å². The van der Waals surface area contributed by atoms with E-state index in [-0.39, 0.29) is 5.91 Å². The highest BCUT2D eigenvalue weighted by Gasteiger charge is 2.49. The zero-order chi connectivity index (χ0) is 24.3. The first kappa shape index (κ1) is 24.0. The molecule has 2 aliphatic rings. The Balaban J connectivity index is 1.52.